The van der Waals surface area contributed by atoms with E-state index in [1.165, 1.54) is 14.2 Å². The molecule has 3 amide bonds. The molecule has 0 radical (unpaired) electrons. The Bertz CT molecular complexity index is 1190. The van der Waals surface area contributed by atoms with Crippen molar-refractivity contribution >= 4 is 23.4 Å². The zero-order valence-corrected chi connectivity index (χ0v) is 17.4. The van der Waals surface area contributed by atoms with Crippen LogP contribution in [0, 0.1) is 0 Å². The number of carbonyl (C=O) groups is 3. The second-order valence-corrected chi connectivity index (χ2v) is 7.48. The highest BCUT2D eigenvalue weighted by Crippen LogP contribution is 2.45. The van der Waals surface area contributed by atoms with Crippen molar-refractivity contribution in [3.8, 4) is 11.5 Å². The van der Waals surface area contributed by atoms with Crippen LogP contribution < -0.4 is 14.4 Å². The Morgan fingerprint density at radius 3 is 1.84 bits per heavy atom. The molecule has 8 nitrogen and oxygen atoms in total. The molecular formula is C24H19N3O5. The summed E-state index contributed by atoms with van der Waals surface area (Å²) in [7, 11) is 3.05. The zero-order valence-electron chi connectivity index (χ0n) is 17.4. The maximum Gasteiger partial charge on any atom is 0.262 e. The Kier molecular flexibility index (Phi) is 4.62. The van der Waals surface area contributed by atoms with Crippen molar-refractivity contribution in [2.24, 2.45) is 0 Å². The molecule has 1 fully saturated rings. The molecule has 1 saturated heterocycles. The third-order valence-electron chi connectivity index (χ3n) is 5.83. The van der Waals surface area contributed by atoms with Gasteiger partial charge in [-0.2, -0.15) is 0 Å². The van der Waals surface area contributed by atoms with Crippen LogP contribution in [0.3, 0.4) is 0 Å². The van der Waals surface area contributed by atoms with Crippen molar-refractivity contribution in [3.63, 3.8) is 0 Å². The number of benzene rings is 2. The topological polar surface area (TPSA) is 89.0 Å². The van der Waals surface area contributed by atoms with Gasteiger partial charge in [0.1, 0.15) is 17.5 Å². The van der Waals surface area contributed by atoms with Gasteiger partial charge < -0.3 is 14.4 Å². The number of amides is 3. The van der Waals surface area contributed by atoms with Crippen molar-refractivity contribution in [2.45, 2.75) is 12.1 Å². The number of methoxy groups -OCH3 is 2. The van der Waals surface area contributed by atoms with Gasteiger partial charge in [-0.05, 0) is 29.8 Å². The summed E-state index contributed by atoms with van der Waals surface area (Å²) in [6.07, 6.45) is 3.23. The largest absolute Gasteiger partial charge is 0.497 e. The molecule has 1 aromatic heterocycles. The molecule has 5 rings (SSSR count). The van der Waals surface area contributed by atoms with Crippen LogP contribution in [0.2, 0.25) is 0 Å². The summed E-state index contributed by atoms with van der Waals surface area (Å²) in [5.41, 5.74) is 1.91. The lowest BCUT2D eigenvalue weighted by molar-refractivity contribution is -0.130. The number of hydrogen-bond donors (Lipinski definition) is 0. The summed E-state index contributed by atoms with van der Waals surface area (Å²) in [4.78, 5) is 46.3. The Balaban J connectivity index is 1.60. The Morgan fingerprint density at radius 1 is 0.750 bits per heavy atom. The first-order chi connectivity index (χ1) is 15.5. The fourth-order valence-corrected chi connectivity index (χ4v) is 4.30. The van der Waals surface area contributed by atoms with Gasteiger partial charge >= 0.3 is 0 Å². The van der Waals surface area contributed by atoms with E-state index in [9.17, 15) is 14.4 Å². The SMILES string of the molecule is COc1cc(OC)cc(N2C(=O)C(N3C(=O)c4ccccc4C3=O)C2c2ccncc2)c1. The molecule has 0 spiro atoms. The summed E-state index contributed by atoms with van der Waals surface area (Å²) in [6.45, 7) is 0. The van der Waals surface area contributed by atoms with E-state index in [4.69, 9.17) is 9.47 Å². The molecule has 8 heteroatoms. The predicted octanol–water partition coefficient (Wildman–Crippen LogP) is 2.85. The molecule has 0 N–H and O–H groups in total. The van der Waals surface area contributed by atoms with Gasteiger partial charge in [0.25, 0.3) is 17.7 Å². The Morgan fingerprint density at radius 2 is 1.31 bits per heavy atom. The number of hydrogen-bond acceptors (Lipinski definition) is 6. The van der Waals surface area contributed by atoms with E-state index in [0.29, 0.717) is 28.3 Å². The zero-order chi connectivity index (χ0) is 22.4. The van der Waals surface area contributed by atoms with E-state index in [1.807, 2.05) is 0 Å². The minimum Gasteiger partial charge on any atom is -0.497 e. The molecule has 32 heavy (non-hydrogen) atoms. The van der Waals surface area contributed by atoms with Gasteiger partial charge in [-0.3, -0.25) is 24.3 Å². The van der Waals surface area contributed by atoms with Crippen LogP contribution in [-0.4, -0.2) is 47.9 Å². The van der Waals surface area contributed by atoms with Crippen LogP contribution in [0.1, 0.15) is 32.3 Å². The van der Waals surface area contributed by atoms with Crippen LogP contribution >= 0.6 is 0 Å². The standard InChI is InChI=1S/C24H19N3O5/c1-31-16-11-15(12-17(13-16)32-2)26-20(14-7-9-25-10-8-14)21(24(26)30)27-22(28)18-5-3-4-6-19(18)23(27)29/h3-13,20-21H,1-2H3. The quantitative estimate of drug-likeness (QED) is 0.458. The van der Waals surface area contributed by atoms with E-state index in [1.54, 1.807) is 71.9 Å². The summed E-state index contributed by atoms with van der Waals surface area (Å²) < 4.78 is 10.7. The van der Waals surface area contributed by atoms with Crippen molar-refractivity contribution in [1.82, 2.24) is 9.88 Å². The number of aromatic nitrogens is 1. The van der Waals surface area contributed by atoms with E-state index < -0.39 is 23.9 Å². The van der Waals surface area contributed by atoms with Gasteiger partial charge in [0, 0.05) is 30.6 Å². The van der Waals surface area contributed by atoms with Crippen LogP contribution in [-0.2, 0) is 4.79 Å². The number of imide groups is 1. The lowest BCUT2D eigenvalue weighted by Crippen LogP contribution is -2.67. The molecule has 3 aromatic rings. The number of pyridine rings is 1. The minimum atomic E-state index is -0.970. The highest BCUT2D eigenvalue weighted by atomic mass is 16.5. The molecule has 3 heterocycles. The number of β-lactam (4-membered cyclic amide) rings is 1. The third kappa shape index (κ3) is 2.84. The molecule has 2 aliphatic heterocycles. The fraction of sp³-hybridized carbons (Fsp3) is 0.167. The van der Waals surface area contributed by atoms with Gasteiger partial charge in [-0.15, -0.1) is 0 Å². The Hall–Kier alpha value is -4.20. The second-order valence-electron chi connectivity index (χ2n) is 7.48. The highest BCUT2D eigenvalue weighted by molar-refractivity contribution is 6.24. The van der Waals surface area contributed by atoms with Crippen molar-refractivity contribution < 1.29 is 23.9 Å². The van der Waals surface area contributed by atoms with Gasteiger partial charge in [0.05, 0.1) is 37.1 Å². The van der Waals surface area contributed by atoms with E-state index >= 15 is 0 Å². The number of carbonyl (C=O) groups excluding carboxylic acids is 3. The average molecular weight is 429 g/mol. The fourth-order valence-electron chi connectivity index (χ4n) is 4.30. The van der Waals surface area contributed by atoms with Crippen molar-refractivity contribution in [3.05, 3.63) is 83.7 Å². The smallest absolute Gasteiger partial charge is 0.262 e. The second kappa shape index (κ2) is 7.49. The maximum atomic E-state index is 13.5. The highest BCUT2D eigenvalue weighted by Gasteiger charge is 2.57. The van der Waals surface area contributed by atoms with E-state index in [2.05, 4.69) is 4.98 Å². The molecule has 2 unspecified atom stereocenters. The van der Waals surface area contributed by atoms with Crippen LogP contribution in [0.25, 0.3) is 0 Å². The van der Waals surface area contributed by atoms with Gasteiger partial charge in [0.2, 0.25) is 0 Å². The predicted molar refractivity (Wildman–Crippen MR) is 115 cm³/mol. The summed E-state index contributed by atoms with van der Waals surface area (Å²) in [6, 6.07) is 13.7. The van der Waals surface area contributed by atoms with Crippen LogP contribution in [0.4, 0.5) is 5.69 Å². The number of rotatable bonds is 5. The molecule has 0 aliphatic carbocycles. The first-order valence-electron chi connectivity index (χ1n) is 9.98. The molecule has 160 valence electrons. The average Bonchev–Trinajstić information content (AvgIpc) is 3.08. The van der Waals surface area contributed by atoms with E-state index in [-0.39, 0.29) is 5.91 Å². The first kappa shape index (κ1) is 19.7. The van der Waals surface area contributed by atoms with Crippen molar-refractivity contribution in [2.75, 3.05) is 19.1 Å². The molecule has 2 atom stereocenters. The first-order valence-corrected chi connectivity index (χ1v) is 9.98. The van der Waals surface area contributed by atoms with Gasteiger partial charge in [0.15, 0.2) is 0 Å². The lowest BCUT2D eigenvalue weighted by atomic mass is 9.86. The molecular weight excluding hydrogens is 410 g/mol. The van der Waals surface area contributed by atoms with Crippen LogP contribution in [0.15, 0.2) is 67.0 Å². The molecule has 2 aromatic carbocycles. The summed E-state index contributed by atoms with van der Waals surface area (Å²) in [5.74, 6) is -0.261. The monoisotopic (exact) mass is 429 g/mol. The lowest BCUT2D eigenvalue weighted by Gasteiger charge is -2.49. The Labute approximate surface area is 184 Å². The summed E-state index contributed by atoms with van der Waals surface area (Å²) >= 11 is 0. The van der Waals surface area contributed by atoms with Crippen molar-refractivity contribution in [1.29, 1.82) is 0 Å². The maximum absolute atomic E-state index is 13.5. The molecule has 2 aliphatic rings. The van der Waals surface area contributed by atoms with Crippen LogP contribution in [0.5, 0.6) is 11.5 Å². The van der Waals surface area contributed by atoms with Gasteiger partial charge in [-0.25, -0.2) is 0 Å². The number of fused-ring (bicyclic) bond motifs is 1. The van der Waals surface area contributed by atoms with Gasteiger partial charge in [-0.1, -0.05) is 12.1 Å². The number of nitrogens with zero attached hydrogens (tertiary/aromatic N) is 3. The van der Waals surface area contributed by atoms with E-state index in [0.717, 1.165) is 10.5 Å². The number of ether oxygens (including phenoxy) is 2. The minimum absolute atomic E-state index is 0.306. The summed E-state index contributed by atoms with van der Waals surface area (Å²) in [5, 5.41) is 0. The number of anilines is 1. The molecule has 0 bridgehead atoms. The normalized spacial score (nSPS) is 19.6. The molecule has 0 saturated carbocycles. The third-order valence-corrected chi connectivity index (χ3v) is 5.83.